The zero-order valence-electron chi connectivity index (χ0n) is 8.54. The summed E-state index contributed by atoms with van der Waals surface area (Å²) in [7, 11) is 0. The number of hydrogen-bond donors (Lipinski definition) is 1. The van der Waals surface area contributed by atoms with Crippen LogP contribution in [0.15, 0.2) is 12.1 Å². The fourth-order valence-electron chi connectivity index (χ4n) is 1.35. The number of nitrogen functional groups attached to an aromatic ring is 1. The van der Waals surface area contributed by atoms with E-state index < -0.39 is 39.4 Å². The van der Waals surface area contributed by atoms with Crippen LogP contribution in [-0.2, 0) is 6.18 Å². The normalized spacial score (nSPS) is 11.3. The molecule has 0 heterocycles. The molecule has 0 spiro atoms. The maximum atomic E-state index is 12.6. The third-order valence-corrected chi connectivity index (χ3v) is 2.03. The van der Waals surface area contributed by atoms with Crippen LogP contribution in [0.3, 0.4) is 0 Å². The summed E-state index contributed by atoms with van der Waals surface area (Å²) in [5.74, 6) is -0.937. The van der Waals surface area contributed by atoms with E-state index >= 15 is 0 Å². The molecule has 2 N–H and O–H groups in total. The first-order valence-electron chi connectivity index (χ1n) is 4.30. The maximum Gasteiger partial charge on any atom is 0.419 e. The lowest BCUT2D eigenvalue weighted by atomic mass is 10.0. The molecule has 0 aromatic heterocycles. The number of benzene rings is 1. The van der Waals surface area contributed by atoms with Crippen molar-refractivity contribution in [2.45, 2.75) is 13.1 Å². The number of carbonyl (C=O) groups excluding carboxylic acids is 1. The number of alkyl halides is 3. The molecule has 17 heavy (non-hydrogen) atoms. The van der Waals surface area contributed by atoms with Crippen molar-refractivity contribution in [1.29, 1.82) is 0 Å². The Kier molecular flexibility index (Phi) is 3.08. The molecule has 5 nitrogen and oxygen atoms in total. The summed E-state index contributed by atoms with van der Waals surface area (Å²) >= 11 is 0. The Labute approximate surface area is 93.2 Å². The minimum atomic E-state index is -4.83. The number of carbonyl (C=O) groups is 1. The molecule has 0 aliphatic rings. The lowest BCUT2D eigenvalue weighted by Crippen LogP contribution is -2.15. The van der Waals surface area contributed by atoms with Gasteiger partial charge in [-0.05, 0) is 6.92 Å². The molecule has 0 radical (unpaired) electrons. The van der Waals surface area contributed by atoms with Crippen LogP contribution in [0, 0.1) is 10.1 Å². The molecule has 0 aliphatic heterocycles. The van der Waals surface area contributed by atoms with E-state index in [1.54, 1.807) is 0 Å². The predicted molar refractivity (Wildman–Crippen MR) is 52.5 cm³/mol. The predicted octanol–water partition coefficient (Wildman–Crippen LogP) is 2.40. The average molecular weight is 248 g/mol. The molecule has 1 aromatic rings. The summed E-state index contributed by atoms with van der Waals surface area (Å²) in [4.78, 5) is 20.6. The van der Waals surface area contributed by atoms with Crippen molar-refractivity contribution in [3.63, 3.8) is 0 Å². The van der Waals surface area contributed by atoms with E-state index in [0.717, 1.165) is 6.92 Å². The van der Waals surface area contributed by atoms with Gasteiger partial charge < -0.3 is 5.73 Å². The van der Waals surface area contributed by atoms with Crippen molar-refractivity contribution in [3.8, 4) is 0 Å². The number of nitro groups is 1. The molecule has 0 unspecified atom stereocenters. The number of nitrogens with zero attached hydrogens (tertiary/aromatic N) is 1. The third-order valence-electron chi connectivity index (χ3n) is 2.03. The standard InChI is InChI=1S/C9H7F3N2O3/c1-4(15)6-2-5(14(16)17)3-7(13)8(6)9(10,11)12/h2-3H,13H2,1H3. The van der Waals surface area contributed by atoms with Crippen molar-refractivity contribution in [2.75, 3.05) is 5.73 Å². The summed E-state index contributed by atoms with van der Waals surface area (Å²) in [5, 5.41) is 10.4. The Morgan fingerprint density at radius 1 is 1.41 bits per heavy atom. The van der Waals surface area contributed by atoms with Gasteiger partial charge in [-0.15, -0.1) is 0 Å². The van der Waals surface area contributed by atoms with Gasteiger partial charge in [0.15, 0.2) is 5.78 Å². The van der Waals surface area contributed by atoms with Crippen molar-refractivity contribution in [2.24, 2.45) is 0 Å². The van der Waals surface area contributed by atoms with Gasteiger partial charge in [0.25, 0.3) is 5.69 Å². The summed E-state index contributed by atoms with van der Waals surface area (Å²) in [6.45, 7) is 0.883. The van der Waals surface area contributed by atoms with Crippen LogP contribution in [-0.4, -0.2) is 10.7 Å². The molecule has 92 valence electrons. The van der Waals surface area contributed by atoms with E-state index in [0.29, 0.717) is 12.1 Å². The quantitative estimate of drug-likeness (QED) is 0.377. The van der Waals surface area contributed by atoms with Crippen molar-refractivity contribution in [3.05, 3.63) is 33.4 Å². The molecule has 0 saturated carbocycles. The summed E-state index contributed by atoms with van der Waals surface area (Å²) in [5.41, 5.74) is 1.48. The summed E-state index contributed by atoms with van der Waals surface area (Å²) in [6.07, 6.45) is -4.83. The highest BCUT2D eigenvalue weighted by Crippen LogP contribution is 2.38. The molecule has 1 rings (SSSR count). The largest absolute Gasteiger partial charge is 0.419 e. The van der Waals surface area contributed by atoms with Crippen molar-refractivity contribution in [1.82, 2.24) is 0 Å². The molecule has 0 saturated heterocycles. The Balaban J connectivity index is 3.61. The van der Waals surface area contributed by atoms with Crippen LogP contribution >= 0.6 is 0 Å². The zero-order chi connectivity index (χ0) is 13.4. The van der Waals surface area contributed by atoms with E-state index in [-0.39, 0.29) is 0 Å². The van der Waals surface area contributed by atoms with Gasteiger partial charge in [0.05, 0.1) is 16.2 Å². The lowest BCUT2D eigenvalue weighted by molar-refractivity contribution is -0.384. The highest BCUT2D eigenvalue weighted by Gasteiger charge is 2.38. The number of rotatable bonds is 2. The monoisotopic (exact) mass is 248 g/mol. The van der Waals surface area contributed by atoms with Crippen LogP contribution in [0.1, 0.15) is 22.8 Å². The van der Waals surface area contributed by atoms with Gasteiger partial charge in [0.2, 0.25) is 0 Å². The average Bonchev–Trinajstić information content (AvgIpc) is 2.13. The van der Waals surface area contributed by atoms with E-state index in [1.165, 1.54) is 0 Å². The Morgan fingerprint density at radius 3 is 2.29 bits per heavy atom. The number of hydrogen-bond acceptors (Lipinski definition) is 4. The minimum Gasteiger partial charge on any atom is -0.398 e. The van der Waals surface area contributed by atoms with Crippen molar-refractivity contribution < 1.29 is 22.9 Å². The van der Waals surface area contributed by atoms with Gasteiger partial charge in [0, 0.05) is 17.7 Å². The first-order chi connectivity index (χ1) is 7.64. The SMILES string of the molecule is CC(=O)c1cc([N+](=O)[O-])cc(N)c1C(F)(F)F. The molecule has 1 aromatic carbocycles. The first-order valence-corrected chi connectivity index (χ1v) is 4.30. The van der Waals surface area contributed by atoms with Crippen LogP contribution in [0.4, 0.5) is 24.5 Å². The number of nitrogens with two attached hydrogens (primary N) is 1. The van der Waals surface area contributed by atoms with Gasteiger partial charge in [-0.1, -0.05) is 0 Å². The third kappa shape index (κ3) is 2.52. The van der Waals surface area contributed by atoms with E-state index in [9.17, 15) is 28.1 Å². The Bertz CT molecular complexity index is 497. The molecule has 0 atom stereocenters. The van der Waals surface area contributed by atoms with E-state index in [4.69, 9.17) is 5.73 Å². The van der Waals surface area contributed by atoms with Crippen LogP contribution in [0.5, 0.6) is 0 Å². The van der Waals surface area contributed by atoms with Gasteiger partial charge >= 0.3 is 6.18 Å². The molecule has 0 amide bonds. The topological polar surface area (TPSA) is 86.2 Å². The molecule has 0 bridgehead atoms. The maximum absolute atomic E-state index is 12.6. The highest BCUT2D eigenvalue weighted by atomic mass is 19.4. The second kappa shape index (κ2) is 4.04. The van der Waals surface area contributed by atoms with Gasteiger partial charge in [-0.2, -0.15) is 13.2 Å². The first kappa shape index (κ1) is 12.9. The van der Waals surface area contributed by atoms with E-state index in [2.05, 4.69) is 0 Å². The number of halogens is 3. The molecular weight excluding hydrogens is 241 g/mol. The number of nitro benzene ring substituents is 1. The molecule has 0 aliphatic carbocycles. The van der Waals surface area contributed by atoms with Gasteiger partial charge in [-0.25, -0.2) is 0 Å². The van der Waals surface area contributed by atoms with Crippen LogP contribution < -0.4 is 5.73 Å². The number of anilines is 1. The minimum absolute atomic E-state index is 0.571. The van der Waals surface area contributed by atoms with Crippen LogP contribution in [0.25, 0.3) is 0 Å². The molecule has 8 heteroatoms. The van der Waals surface area contributed by atoms with Crippen LogP contribution in [0.2, 0.25) is 0 Å². The fraction of sp³-hybridized carbons (Fsp3) is 0.222. The Hall–Kier alpha value is -2.12. The second-order valence-electron chi connectivity index (χ2n) is 3.27. The van der Waals surface area contributed by atoms with E-state index in [1.807, 2.05) is 0 Å². The highest BCUT2D eigenvalue weighted by molar-refractivity contribution is 5.98. The van der Waals surface area contributed by atoms with Gasteiger partial charge in [-0.3, -0.25) is 14.9 Å². The van der Waals surface area contributed by atoms with Crippen molar-refractivity contribution >= 4 is 17.2 Å². The molecule has 0 fully saturated rings. The fourth-order valence-corrected chi connectivity index (χ4v) is 1.35. The summed E-state index contributed by atoms with van der Waals surface area (Å²) < 4.78 is 37.8. The Morgan fingerprint density at radius 2 is 1.94 bits per heavy atom. The second-order valence-corrected chi connectivity index (χ2v) is 3.27. The summed E-state index contributed by atoms with van der Waals surface area (Å²) in [6, 6.07) is 1.15. The number of ketones is 1. The van der Waals surface area contributed by atoms with Gasteiger partial charge in [0.1, 0.15) is 0 Å². The zero-order valence-corrected chi connectivity index (χ0v) is 8.54. The number of non-ortho nitro benzene ring substituents is 1. The number of Topliss-reactive ketones (excluding diaryl/α,β-unsaturated/α-hetero) is 1. The smallest absolute Gasteiger partial charge is 0.398 e. The molecular formula is C9H7F3N2O3. The lowest BCUT2D eigenvalue weighted by Gasteiger charge is -2.13.